The summed E-state index contributed by atoms with van der Waals surface area (Å²) in [5.41, 5.74) is -0.826. The Morgan fingerprint density at radius 2 is 1.97 bits per heavy atom. The van der Waals surface area contributed by atoms with Crippen molar-refractivity contribution >= 4 is 41.3 Å². The third-order valence-electron chi connectivity index (χ3n) is 5.27. The van der Waals surface area contributed by atoms with Crippen molar-refractivity contribution in [3.8, 4) is 0 Å². The number of likely N-dealkylation sites (tertiary alicyclic amines) is 1. The summed E-state index contributed by atoms with van der Waals surface area (Å²) < 4.78 is 5.57. The highest BCUT2D eigenvalue weighted by Gasteiger charge is 2.46. The average molecular weight is 437 g/mol. The van der Waals surface area contributed by atoms with Crippen LogP contribution in [-0.2, 0) is 14.9 Å². The zero-order valence-electron chi connectivity index (χ0n) is 17.0. The molecule has 2 atom stereocenters. The molecule has 2 aliphatic heterocycles. The van der Waals surface area contributed by atoms with Gasteiger partial charge in [0.05, 0.1) is 21.5 Å². The fraction of sp³-hybridized carbons (Fsp3) is 0.500. The third kappa shape index (κ3) is 4.67. The Balaban J connectivity index is 1.98. The molecule has 3 rings (SSSR count). The lowest BCUT2D eigenvalue weighted by Crippen LogP contribution is -2.55. The molecule has 0 radical (unpaired) electrons. The van der Waals surface area contributed by atoms with E-state index in [9.17, 15) is 9.59 Å². The van der Waals surface area contributed by atoms with E-state index in [1.165, 1.54) is 0 Å². The van der Waals surface area contributed by atoms with Crippen LogP contribution in [0.15, 0.2) is 35.5 Å². The standard InChI is InChI=1S/C22H26Cl2N2O3/c1-21(2,3)29-20(28)26-13-5-4-6-18(26)19(27)22(9-11-25-12-10-22)15-7-8-16(23)17(24)14-15/h7-9,11-12,14,18H,4-6,10,13H2,1-3H3. The van der Waals surface area contributed by atoms with Crippen molar-refractivity contribution in [1.82, 2.24) is 4.90 Å². The van der Waals surface area contributed by atoms with E-state index in [2.05, 4.69) is 4.99 Å². The van der Waals surface area contributed by atoms with Crippen LogP contribution in [0, 0.1) is 0 Å². The number of piperidine rings is 1. The van der Waals surface area contributed by atoms with Crippen LogP contribution in [0.4, 0.5) is 4.79 Å². The zero-order chi connectivity index (χ0) is 21.2. The summed E-state index contributed by atoms with van der Waals surface area (Å²) in [6.07, 6.45) is 7.44. The summed E-state index contributed by atoms with van der Waals surface area (Å²) in [7, 11) is 0. The molecule has 0 aromatic heterocycles. The summed E-state index contributed by atoms with van der Waals surface area (Å²) >= 11 is 12.3. The molecule has 1 saturated heterocycles. The van der Waals surface area contributed by atoms with Gasteiger partial charge >= 0.3 is 6.09 Å². The van der Waals surface area contributed by atoms with Crippen molar-refractivity contribution in [2.45, 2.75) is 63.5 Å². The van der Waals surface area contributed by atoms with E-state index in [0.29, 0.717) is 29.4 Å². The predicted octanol–water partition coefficient (Wildman–Crippen LogP) is 5.58. The SMILES string of the molecule is CC(C)(C)OC(=O)N1CCCCC1C(=O)C1(c2ccc(Cl)c(Cl)c2)C=CN=CC1. The molecule has 1 amide bonds. The molecule has 0 spiro atoms. The lowest BCUT2D eigenvalue weighted by molar-refractivity contribution is -0.129. The summed E-state index contributed by atoms with van der Waals surface area (Å²) in [6, 6.07) is 4.67. The monoisotopic (exact) mass is 436 g/mol. The van der Waals surface area contributed by atoms with Crippen molar-refractivity contribution < 1.29 is 14.3 Å². The Bertz CT molecular complexity index is 860. The number of amides is 1. The Labute approximate surface area is 181 Å². The van der Waals surface area contributed by atoms with Gasteiger partial charge in [-0.25, -0.2) is 4.79 Å². The minimum absolute atomic E-state index is 0.0520. The summed E-state index contributed by atoms with van der Waals surface area (Å²) in [4.78, 5) is 32.5. The van der Waals surface area contributed by atoms with Gasteiger partial charge in [0.15, 0.2) is 5.78 Å². The predicted molar refractivity (Wildman–Crippen MR) is 116 cm³/mol. The molecule has 2 heterocycles. The van der Waals surface area contributed by atoms with Gasteiger partial charge in [-0.1, -0.05) is 29.3 Å². The quantitative estimate of drug-likeness (QED) is 0.621. The molecule has 29 heavy (non-hydrogen) atoms. The Morgan fingerprint density at radius 1 is 1.21 bits per heavy atom. The highest BCUT2D eigenvalue weighted by atomic mass is 35.5. The van der Waals surface area contributed by atoms with Crippen molar-refractivity contribution in [2.24, 2.45) is 4.99 Å². The number of ketones is 1. The average Bonchev–Trinajstić information content (AvgIpc) is 2.68. The second-order valence-electron chi connectivity index (χ2n) is 8.50. The van der Waals surface area contributed by atoms with Crippen molar-refractivity contribution in [3.05, 3.63) is 46.1 Å². The van der Waals surface area contributed by atoms with Crippen LogP contribution in [0.5, 0.6) is 0 Å². The van der Waals surface area contributed by atoms with Gasteiger partial charge in [-0.05, 0) is 63.8 Å². The number of carbonyl (C=O) groups is 2. The molecule has 0 aliphatic carbocycles. The summed E-state index contributed by atoms with van der Waals surface area (Å²) in [5.74, 6) is -0.0520. The molecule has 7 heteroatoms. The van der Waals surface area contributed by atoms with Crippen LogP contribution in [0.25, 0.3) is 0 Å². The maximum absolute atomic E-state index is 13.9. The van der Waals surface area contributed by atoms with E-state index in [1.807, 2.05) is 26.8 Å². The van der Waals surface area contributed by atoms with Gasteiger partial charge in [0.1, 0.15) is 5.60 Å². The second-order valence-corrected chi connectivity index (χ2v) is 9.32. The molecule has 1 aromatic carbocycles. The number of aliphatic imine (C=N–C) groups is 1. The Kier molecular flexibility index (Phi) is 6.39. The number of rotatable bonds is 3. The van der Waals surface area contributed by atoms with Gasteiger partial charge in [-0.2, -0.15) is 0 Å². The van der Waals surface area contributed by atoms with E-state index in [-0.39, 0.29) is 5.78 Å². The number of hydrogen-bond donors (Lipinski definition) is 0. The van der Waals surface area contributed by atoms with Gasteiger partial charge in [0.25, 0.3) is 0 Å². The number of halogens is 2. The normalized spacial score (nSPS) is 24.4. The first-order chi connectivity index (χ1) is 13.6. The molecule has 0 N–H and O–H groups in total. The molecule has 0 saturated carbocycles. The first kappa shape index (κ1) is 21.8. The van der Waals surface area contributed by atoms with Gasteiger partial charge < -0.3 is 4.74 Å². The van der Waals surface area contributed by atoms with Gasteiger partial charge in [0, 0.05) is 25.4 Å². The molecular formula is C22H26Cl2N2O3. The lowest BCUT2D eigenvalue weighted by atomic mass is 9.70. The number of benzene rings is 1. The summed E-state index contributed by atoms with van der Waals surface area (Å²) in [5, 5.41) is 0.819. The maximum atomic E-state index is 13.9. The molecule has 1 aromatic rings. The molecule has 5 nitrogen and oxygen atoms in total. The Hall–Kier alpha value is -1.85. The van der Waals surface area contributed by atoms with E-state index in [1.54, 1.807) is 35.5 Å². The fourth-order valence-corrected chi connectivity index (χ4v) is 4.15. The molecular weight excluding hydrogens is 411 g/mol. The number of carbonyl (C=O) groups excluding carboxylic acids is 2. The van der Waals surface area contributed by atoms with Crippen molar-refractivity contribution in [1.29, 1.82) is 0 Å². The van der Waals surface area contributed by atoms with Crippen LogP contribution >= 0.6 is 23.2 Å². The maximum Gasteiger partial charge on any atom is 0.410 e. The van der Waals surface area contributed by atoms with Gasteiger partial charge in [0.2, 0.25) is 0 Å². The van der Waals surface area contributed by atoms with E-state index < -0.39 is 23.2 Å². The van der Waals surface area contributed by atoms with E-state index in [4.69, 9.17) is 27.9 Å². The molecule has 2 unspecified atom stereocenters. The Morgan fingerprint density at radius 3 is 2.59 bits per heavy atom. The lowest BCUT2D eigenvalue weighted by Gasteiger charge is -2.41. The number of Topliss-reactive ketones (excluding diaryl/α,β-unsaturated/α-hetero) is 1. The van der Waals surface area contributed by atoms with Crippen LogP contribution in [0.1, 0.15) is 52.0 Å². The first-order valence-corrected chi connectivity index (χ1v) is 10.6. The molecule has 0 bridgehead atoms. The van der Waals surface area contributed by atoms with Gasteiger partial charge in [-0.15, -0.1) is 0 Å². The molecule has 1 fully saturated rings. The third-order valence-corrected chi connectivity index (χ3v) is 6.01. The van der Waals surface area contributed by atoms with E-state index in [0.717, 1.165) is 18.4 Å². The van der Waals surface area contributed by atoms with Crippen molar-refractivity contribution in [2.75, 3.05) is 6.54 Å². The molecule has 2 aliphatic rings. The fourth-order valence-electron chi connectivity index (χ4n) is 3.85. The zero-order valence-corrected chi connectivity index (χ0v) is 18.5. The minimum atomic E-state index is -0.946. The largest absolute Gasteiger partial charge is 0.444 e. The topological polar surface area (TPSA) is 59.0 Å². The molecule has 156 valence electrons. The number of allylic oxidation sites excluding steroid dienone is 1. The number of hydrogen-bond acceptors (Lipinski definition) is 4. The van der Waals surface area contributed by atoms with Gasteiger partial charge in [-0.3, -0.25) is 14.7 Å². The summed E-state index contributed by atoms with van der Waals surface area (Å²) in [6.45, 7) is 5.97. The highest BCUT2D eigenvalue weighted by Crippen LogP contribution is 2.39. The van der Waals surface area contributed by atoms with Crippen molar-refractivity contribution in [3.63, 3.8) is 0 Å². The van der Waals surface area contributed by atoms with Crippen LogP contribution in [0.3, 0.4) is 0 Å². The van der Waals surface area contributed by atoms with E-state index >= 15 is 0 Å². The van der Waals surface area contributed by atoms with Crippen LogP contribution in [0.2, 0.25) is 10.0 Å². The smallest absolute Gasteiger partial charge is 0.410 e. The van der Waals surface area contributed by atoms with Crippen LogP contribution in [-0.4, -0.2) is 41.2 Å². The number of nitrogens with zero attached hydrogens (tertiary/aromatic N) is 2. The minimum Gasteiger partial charge on any atom is -0.444 e. The number of ether oxygens (including phenoxy) is 1. The first-order valence-electron chi connectivity index (χ1n) is 9.83. The highest BCUT2D eigenvalue weighted by molar-refractivity contribution is 6.42. The van der Waals surface area contributed by atoms with Crippen LogP contribution < -0.4 is 0 Å². The second kappa shape index (κ2) is 8.49.